The zero-order valence-corrected chi connectivity index (χ0v) is 27.1. The largest absolute Gasteiger partial charge is 0.490 e. The van der Waals surface area contributed by atoms with E-state index in [0.717, 1.165) is 49.8 Å². The van der Waals surface area contributed by atoms with Crippen molar-refractivity contribution in [3.8, 4) is 11.5 Å². The lowest BCUT2D eigenvalue weighted by Gasteiger charge is -2.34. The molecule has 13 nitrogen and oxygen atoms in total. The Morgan fingerprint density at radius 1 is 0.667 bits per heavy atom. The first-order valence-corrected chi connectivity index (χ1v) is 16.4. The third-order valence-corrected chi connectivity index (χ3v) is 8.66. The van der Waals surface area contributed by atoms with E-state index >= 15 is 0 Å². The Bertz CT molecular complexity index is 1600. The fraction of sp³-hybridized carbons (Fsp3) is 0.400. The molecule has 48 heavy (non-hydrogen) atoms. The second kappa shape index (κ2) is 16.1. The number of ether oxygens (including phenoxy) is 2. The van der Waals surface area contributed by atoms with Gasteiger partial charge in [0, 0.05) is 90.1 Å². The molecular weight excluding hydrogens is 612 g/mol. The van der Waals surface area contributed by atoms with Gasteiger partial charge in [-0.05, 0) is 35.4 Å². The van der Waals surface area contributed by atoms with Gasteiger partial charge in [-0.25, -0.2) is 9.97 Å². The summed E-state index contributed by atoms with van der Waals surface area (Å²) in [6, 6.07) is 15.9. The van der Waals surface area contributed by atoms with Crippen LogP contribution in [0.25, 0.3) is 0 Å². The van der Waals surface area contributed by atoms with Gasteiger partial charge in [-0.2, -0.15) is 0 Å². The van der Waals surface area contributed by atoms with Gasteiger partial charge in [0.15, 0.2) is 0 Å². The highest BCUT2D eigenvalue weighted by Gasteiger charge is 2.27. The van der Waals surface area contributed by atoms with E-state index in [2.05, 4.69) is 27.0 Å². The first-order valence-electron chi connectivity index (χ1n) is 16.4. The van der Waals surface area contributed by atoms with E-state index in [1.807, 2.05) is 58.3 Å². The van der Waals surface area contributed by atoms with Gasteiger partial charge in [-0.15, -0.1) is 0 Å². The van der Waals surface area contributed by atoms with Crippen LogP contribution in [0.5, 0.6) is 11.5 Å². The van der Waals surface area contributed by atoms with E-state index in [1.54, 1.807) is 39.4 Å². The van der Waals surface area contributed by atoms with Crippen LogP contribution in [0.3, 0.4) is 0 Å². The first-order chi connectivity index (χ1) is 23.5. The summed E-state index contributed by atoms with van der Waals surface area (Å²) in [5.41, 5.74) is 2.21. The van der Waals surface area contributed by atoms with Crippen molar-refractivity contribution in [2.45, 2.75) is 32.6 Å². The average molecular weight is 655 g/mol. The standard InChI is InChI=1S/C35H42N8O5/c44-33(9-12-39-13-10-36-27-39)43-20-19-42(35(46)26-43)24-30-3-7-32(8-4-30)48-22-21-47-31-5-1-29(2-6-31)23-38-15-17-41(18-16-38)34(45)25-40-14-11-37-28-40/h1-8,10-11,13-14,27-28H,9,12,15-26H2. The predicted molar refractivity (Wildman–Crippen MR) is 177 cm³/mol. The lowest BCUT2D eigenvalue weighted by molar-refractivity contribution is -0.145. The Kier molecular flexibility index (Phi) is 11.0. The quantitative estimate of drug-likeness (QED) is 0.190. The molecule has 0 saturated carbocycles. The van der Waals surface area contributed by atoms with Gasteiger partial charge in [0.2, 0.25) is 17.7 Å². The molecule has 2 aliphatic heterocycles. The van der Waals surface area contributed by atoms with Crippen LogP contribution in [0.1, 0.15) is 17.5 Å². The molecule has 3 amide bonds. The molecule has 252 valence electrons. The highest BCUT2D eigenvalue weighted by molar-refractivity contribution is 5.86. The van der Waals surface area contributed by atoms with Crippen molar-refractivity contribution in [3.63, 3.8) is 0 Å². The normalized spacial score (nSPS) is 15.5. The van der Waals surface area contributed by atoms with Crippen LogP contribution >= 0.6 is 0 Å². The zero-order valence-electron chi connectivity index (χ0n) is 27.1. The molecule has 0 bridgehead atoms. The van der Waals surface area contributed by atoms with Crippen molar-refractivity contribution < 1.29 is 23.9 Å². The van der Waals surface area contributed by atoms with Crippen molar-refractivity contribution >= 4 is 17.7 Å². The van der Waals surface area contributed by atoms with Gasteiger partial charge in [-0.1, -0.05) is 24.3 Å². The molecule has 6 rings (SSSR count). The van der Waals surface area contributed by atoms with Crippen LogP contribution in [0, 0.1) is 0 Å². The number of imidazole rings is 2. The molecule has 2 aromatic heterocycles. The SMILES string of the molecule is O=C(Cn1ccnc1)N1CCN(Cc2ccc(OCCOc3ccc(CN4CCN(C(=O)CCn5ccnc5)CC4=O)cc3)cc2)CC1. The summed E-state index contributed by atoms with van der Waals surface area (Å²) in [4.78, 5) is 53.5. The fourth-order valence-electron chi connectivity index (χ4n) is 5.86. The molecule has 0 unspecified atom stereocenters. The molecule has 0 radical (unpaired) electrons. The predicted octanol–water partition coefficient (Wildman–Crippen LogP) is 2.14. The van der Waals surface area contributed by atoms with Crippen molar-refractivity contribution in [2.75, 3.05) is 59.0 Å². The molecule has 4 heterocycles. The Labute approximate surface area is 280 Å². The first kappa shape index (κ1) is 32.8. The van der Waals surface area contributed by atoms with Crippen molar-refractivity contribution in [3.05, 3.63) is 97.1 Å². The number of hydrogen-bond acceptors (Lipinski definition) is 8. The summed E-state index contributed by atoms with van der Waals surface area (Å²) in [5.74, 6) is 1.59. The van der Waals surface area contributed by atoms with Crippen LogP contribution in [0.2, 0.25) is 0 Å². The van der Waals surface area contributed by atoms with Crippen LogP contribution in [0.4, 0.5) is 0 Å². The number of hydrogen-bond donors (Lipinski definition) is 0. The van der Waals surface area contributed by atoms with E-state index in [1.165, 1.54) is 5.56 Å². The second-order valence-electron chi connectivity index (χ2n) is 12.1. The molecule has 4 aromatic rings. The van der Waals surface area contributed by atoms with Gasteiger partial charge in [-0.3, -0.25) is 19.3 Å². The zero-order chi connectivity index (χ0) is 33.1. The van der Waals surface area contributed by atoms with Gasteiger partial charge in [0.25, 0.3) is 0 Å². The molecule has 13 heteroatoms. The second-order valence-corrected chi connectivity index (χ2v) is 12.1. The van der Waals surface area contributed by atoms with E-state index in [9.17, 15) is 14.4 Å². The summed E-state index contributed by atoms with van der Waals surface area (Å²) in [6.07, 6.45) is 10.7. The molecular formula is C35H42N8O5. The summed E-state index contributed by atoms with van der Waals surface area (Å²) < 4.78 is 15.4. The number of piperazine rings is 2. The molecule has 0 atom stereocenters. The number of benzene rings is 2. The van der Waals surface area contributed by atoms with Crippen molar-refractivity contribution in [1.82, 2.24) is 38.7 Å². The molecule has 2 aliphatic rings. The minimum atomic E-state index is -0.0449. The maximum absolute atomic E-state index is 12.7. The van der Waals surface area contributed by atoms with Crippen LogP contribution < -0.4 is 9.47 Å². The van der Waals surface area contributed by atoms with Gasteiger partial charge < -0.3 is 33.3 Å². The maximum atomic E-state index is 12.7. The summed E-state index contributed by atoms with van der Waals surface area (Å²) in [5, 5.41) is 0. The van der Waals surface area contributed by atoms with Crippen LogP contribution in [-0.4, -0.2) is 115 Å². The number of amides is 3. The number of aryl methyl sites for hydroxylation is 1. The highest BCUT2D eigenvalue weighted by Crippen LogP contribution is 2.18. The number of carbonyl (C=O) groups is 3. The fourth-order valence-corrected chi connectivity index (χ4v) is 5.86. The Morgan fingerprint density at radius 3 is 1.83 bits per heavy atom. The Balaban J connectivity index is 0.846. The van der Waals surface area contributed by atoms with Gasteiger partial charge in [0.05, 0.1) is 19.2 Å². The third kappa shape index (κ3) is 9.22. The Morgan fingerprint density at radius 2 is 1.25 bits per heavy atom. The average Bonchev–Trinajstić information content (AvgIpc) is 3.83. The number of aromatic nitrogens is 4. The Hall–Kier alpha value is -5.17. The van der Waals surface area contributed by atoms with Crippen molar-refractivity contribution in [1.29, 1.82) is 0 Å². The van der Waals surface area contributed by atoms with Crippen LogP contribution in [0.15, 0.2) is 86.0 Å². The van der Waals surface area contributed by atoms with Gasteiger partial charge in [0.1, 0.15) is 31.3 Å². The minimum Gasteiger partial charge on any atom is -0.490 e. The van der Waals surface area contributed by atoms with Crippen LogP contribution in [-0.2, 0) is 40.6 Å². The van der Waals surface area contributed by atoms with E-state index in [0.29, 0.717) is 52.4 Å². The molecule has 0 spiro atoms. The smallest absolute Gasteiger partial charge is 0.242 e. The van der Waals surface area contributed by atoms with Crippen molar-refractivity contribution in [2.24, 2.45) is 0 Å². The maximum Gasteiger partial charge on any atom is 0.242 e. The topological polar surface area (TPSA) is 118 Å². The molecule has 0 aliphatic carbocycles. The lowest BCUT2D eigenvalue weighted by Crippen LogP contribution is -2.51. The number of rotatable bonds is 14. The monoisotopic (exact) mass is 654 g/mol. The molecule has 0 N–H and O–H groups in total. The van der Waals surface area contributed by atoms with Gasteiger partial charge >= 0.3 is 0 Å². The summed E-state index contributed by atoms with van der Waals surface area (Å²) >= 11 is 0. The number of carbonyl (C=O) groups excluding carboxylic acids is 3. The molecule has 2 aromatic carbocycles. The minimum absolute atomic E-state index is 0.0155. The van der Waals surface area contributed by atoms with E-state index < -0.39 is 0 Å². The summed E-state index contributed by atoms with van der Waals surface area (Å²) in [7, 11) is 0. The van der Waals surface area contributed by atoms with E-state index in [4.69, 9.17) is 9.47 Å². The highest BCUT2D eigenvalue weighted by atomic mass is 16.5. The molecule has 2 saturated heterocycles. The summed E-state index contributed by atoms with van der Waals surface area (Å²) in [6.45, 7) is 7.35. The third-order valence-electron chi connectivity index (χ3n) is 8.66. The van der Waals surface area contributed by atoms with E-state index in [-0.39, 0.29) is 24.3 Å². The number of nitrogens with zero attached hydrogens (tertiary/aromatic N) is 8. The molecule has 2 fully saturated rings. The lowest BCUT2D eigenvalue weighted by atomic mass is 10.2.